The number of rotatable bonds is 3. The smallest absolute Gasteiger partial charge is 0.238 e. The normalized spacial score (nSPS) is 19.1. The lowest BCUT2D eigenvalue weighted by atomic mass is 9.92. The number of nitrogen functional groups attached to an aromatic ring is 1. The predicted molar refractivity (Wildman–Crippen MR) is 74.3 cm³/mol. The number of sulfonamides is 1. The fourth-order valence-corrected chi connectivity index (χ4v) is 2.65. The van der Waals surface area contributed by atoms with Gasteiger partial charge in [0.15, 0.2) is 0 Å². The highest BCUT2D eigenvalue weighted by atomic mass is 32.2. The van der Waals surface area contributed by atoms with E-state index in [9.17, 15) is 8.42 Å². The molecule has 0 aliphatic carbocycles. The van der Waals surface area contributed by atoms with Gasteiger partial charge in [0.05, 0.1) is 16.3 Å². The quantitative estimate of drug-likeness (QED) is 0.715. The Kier molecular flexibility index (Phi) is 3.71. The molecule has 0 amide bonds. The first-order valence-electron chi connectivity index (χ1n) is 6.08. The number of ether oxygens (including phenoxy) is 1. The maximum atomic E-state index is 11.2. The van der Waals surface area contributed by atoms with Crippen LogP contribution < -0.4 is 16.2 Å². The number of nitrogens with two attached hydrogens (primary N) is 2. The summed E-state index contributed by atoms with van der Waals surface area (Å²) in [6.45, 7) is 3.51. The molecule has 0 saturated carbocycles. The SMILES string of the molecule is CC1(Nc2ccc(S(N)(=O)=O)cc2N)CCOCC1. The van der Waals surface area contributed by atoms with E-state index < -0.39 is 10.0 Å². The molecule has 1 aliphatic heterocycles. The van der Waals surface area contributed by atoms with Crippen LogP contribution in [0.3, 0.4) is 0 Å². The Bertz CT molecular complexity index is 566. The molecule has 1 aromatic carbocycles. The van der Waals surface area contributed by atoms with Gasteiger partial charge >= 0.3 is 0 Å². The van der Waals surface area contributed by atoms with Gasteiger partial charge in [-0.25, -0.2) is 13.6 Å². The first kappa shape index (κ1) is 14.1. The van der Waals surface area contributed by atoms with Gasteiger partial charge in [-0.1, -0.05) is 0 Å². The fraction of sp³-hybridized carbons (Fsp3) is 0.500. The van der Waals surface area contributed by atoms with Gasteiger partial charge in [0, 0.05) is 18.8 Å². The maximum absolute atomic E-state index is 11.2. The monoisotopic (exact) mass is 285 g/mol. The van der Waals surface area contributed by atoms with E-state index in [4.69, 9.17) is 15.6 Å². The highest BCUT2D eigenvalue weighted by molar-refractivity contribution is 7.89. The van der Waals surface area contributed by atoms with Crippen molar-refractivity contribution in [3.8, 4) is 0 Å². The van der Waals surface area contributed by atoms with Gasteiger partial charge in [-0.15, -0.1) is 0 Å². The van der Waals surface area contributed by atoms with Gasteiger partial charge in [0.2, 0.25) is 10.0 Å². The van der Waals surface area contributed by atoms with E-state index in [-0.39, 0.29) is 10.4 Å². The van der Waals surface area contributed by atoms with Gasteiger partial charge in [-0.05, 0) is 38.0 Å². The molecule has 7 heteroatoms. The molecular weight excluding hydrogens is 266 g/mol. The van der Waals surface area contributed by atoms with E-state index in [1.165, 1.54) is 12.1 Å². The maximum Gasteiger partial charge on any atom is 0.238 e. The van der Waals surface area contributed by atoms with Gasteiger partial charge in [0.1, 0.15) is 0 Å². The Labute approximate surface area is 113 Å². The summed E-state index contributed by atoms with van der Waals surface area (Å²) in [5, 5.41) is 8.43. The van der Waals surface area contributed by atoms with E-state index >= 15 is 0 Å². The van der Waals surface area contributed by atoms with Crippen molar-refractivity contribution < 1.29 is 13.2 Å². The molecule has 0 bridgehead atoms. The lowest BCUT2D eigenvalue weighted by molar-refractivity contribution is 0.0658. The van der Waals surface area contributed by atoms with Gasteiger partial charge in [0.25, 0.3) is 0 Å². The number of nitrogens with one attached hydrogen (secondary N) is 1. The Balaban J connectivity index is 2.22. The van der Waals surface area contributed by atoms with Crippen LogP contribution in [-0.2, 0) is 14.8 Å². The van der Waals surface area contributed by atoms with Crippen LogP contribution in [0.1, 0.15) is 19.8 Å². The zero-order chi connectivity index (χ0) is 14.1. The molecule has 1 aliphatic rings. The molecule has 5 N–H and O–H groups in total. The molecule has 0 radical (unpaired) electrons. The molecule has 1 heterocycles. The Morgan fingerprint density at radius 2 is 1.95 bits per heavy atom. The van der Waals surface area contributed by atoms with Crippen molar-refractivity contribution in [1.82, 2.24) is 0 Å². The molecule has 106 valence electrons. The van der Waals surface area contributed by atoms with E-state index in [1.807, 2.05) is 0 Å². The van der Waals surface area contributed by atoms with Crippen molar-refractivity contribution in [2.45, 2.75) is 30.2 Å². The van der Waals surface area contributed by atoms with Crippen molar-refractivity contribution in [3.63, 3.8) is 0 Å². The molecule has 0 unspecified atom stereocenters. The van der Waals surface area contributed by atoms with Gasteiger partial charge in [-0.2, -0.15) is 0 Å². The average Bonchev–Trinajstić information content (AvgIpc) is 2.31. The van der Waals surface area contributed by atoms with Crippen LogP contribution in [0, 0.1) is 0 Å². The number of benzene rings is 1. The molecule has 0 aromatic heterocycles. The molecule has 2 rings (SSSR count). The second kappa shape index (κ2) is 4.99. The zero-order valence-electron chi connectivity index (χ0n) is 10.8. The second-order valence-corrected chi connectivity index (χ2v) is 6.65. The molecule has 6 nitrogen and oxygen atoms in total. The Hall–Kier alpha value is -1.31. The summed E-state index contributed by atoms with van der Waals surface area (Å²) >= 11 is 0. The number of hydrogen-bond donors (Lipinski definition) is 3. The topological polar surface area (TPSA) is 107 Å². The average molecular weight is 285 g/mol. The van der Waals surface area contributed by atoms with Crippen LogP contribution in [0.25, 0.3) is 0 Å². The van der Waals surface area contributed by atoms with Crippen LogP contribution in [0.5, 0.6) is 0 Å². The first-order valence-corrected chi connectivity index (χ1v) is 7.63. The molecule has 1 saturated heterocycles. The minimum Gasteiger partial charge on any atom is -0.397 e. The standard InChI is InChI=1S/C12H19N3O3S/c1-12(4-6-18-7-5-12)15-11-3-2-9(8-10(11)13)19(14,16)17/h2-3,8,15H,4-7,13H2,1H3,(H2,14,16,17). The molecule has 0 spiro atoms. The molecule has 0 atom stereocenters. The molecule has 1 fully saturated rings. The summed E-state index contributed by atoms with van der Waals surface area (Å²) in [6, 6.07) is 4.48. The van der Waals surface area contributed by atoms with E-state index in [0.29, 0.717) is 18.9 Å². The highest BCUT2D eigenvalue weighted by Gasteiger charge is 2.27. The molecule has 1 aromatic rings. The predicted octanol–water partition coefficient (Wildman–Crippen LogP) is 0.897. The van der Waals surface area contributed by atoms with Crippen LogP contribution in [-0.4, -0.2) is 27.2 Å². The van der Waals surface area contributed by atoms with Crippen LogP contribution in [0.15, 0.2) is 23.1 Å². The summed E-state index contributed by atoms with van der Waals surface area (Å²) in [6.07, 6.45) is 1.76. The third-order valence-corrected chi connectivity index (χ3v) is 4.30. The van der Waals surface area contributed by atoms with Crippen molar-refractivity contribution in [2.24, 2.45) is 5.14 Å². The van der Waals surface area contributed by atoms with E-state index in [0.717, 1.165) is 18.5 Å². The summed E-state index contributed by atoms with van der Waals surface area (Å²) in [7, 11) is -3.72. The van der Waals surface area contributed by atoms with Crippen LogP contribution in [0.4, 0.5) is 11.4 Å². The summed E-state index contributed by atoms with van der Waals surface area (Å²) < 4.78 is 27.8. The molecule has 19 heavy (non-hydrogen) atoms. The van der Waals surface area contributed by atoms with Gasteiger partial charge in [-0.3, -0.25) is 0 Å². The van der Waals surface area contributed by atoms with Crippen LogP contribution >= 0.6 is 0 Å². The molecular formula is C12H19N3O3S. The lowest BCUT2D eigenvalue weighted by Gasteiger charge is -2.35. The summed E-state index contributed by atoms with van der Waals surface area (Å²) in [5.41, 5.74) is 6.89. The number of primary sulfonamides is 1. The zero-order valence-corrected chi connectivity index (χ0v) is 11.7. The van der Waals surface area contributed by atoms with E-state index in [1.54, 1.807) is 6.07 Å². The Morgan fingerprint density at radius 1 is 1.32 bits per heavy atom. The van der Waals surface area contributed by atoms with E-state index in [2.05, 4.69) is 12.2 Å². The Morgan fingerprint density at radius 3 is 2.47 bits per heavy atom. The second-order valence-electron chi connectivity index (χ2n) is 5.09. The van der Waals surface area contributed by atoms with Crippen molar-refractivity contribution in [2.75, 3.05) is 24.3 Å². The minimum atomic E-state index is -3.72. The first-order chi connectivity index (χ1) is 8.80. The lowest BCUT2D eigenvalue weighted by Crippen LogP contribution is -2.40. The van der Waals surface area contributed by atoms with Crippen molar-refractivity contribution in [1.29, 1.82) is 0 Å². The van der Waals surface area contributed by atoms with Crippen molar-refractivity contribution in [3.05, 3.63) is 18.2 Å². The highest BCUT2D eigenvalue weighted by Crippen LogP contribution is 2.29. The summed E-state index contributed by atoms with van der Waals surface area (Å²) in [5.74, 6) is 0. The van der Waals surface area contributed by atoms with Crippen molar-refractivity contribution >= 4 is 21.4 Å². The third kappa shape index (κ3) is 3.37. The largest absolute Gasteiger partial charge is 0.397 e. The number of hydrogen-bond acceptors (Lipinski definition) is 5. The minimum absolute atomic E-state index is 0.0210. The third-order valence-electron chi connectivity index (χ3n) is 3.38. The number of anilines is 2. The fourth-order valence-electron chi connectivity index (χ4n) is 2.10. The summed E-state index contributed by atoms with van der Waals surface area (Å²) in [4.78, 5) is 0.0210. The van der Waals surface area contributed by atoms with Gasteiger partial charge < -0.3 is 15.8 Å². The van der Waals surface area contributed by atoms with Crippen LogP contribution in [0.2, 0.25) is 0 Å².